The second-order valence-corrected chi connectivity index (χ2v) is 5.01. The van der Waals surface area contributed by atoms with E-state index in [1.807, 2.05) is 52.7 Å². The van der Waals surface area contributed by atoms with Crippen LogP contribution < -0.4 is 9.47 Å². The lowest BCUT2D eigenvalue weighted by Gasteiger charge is -2.08. The number of benzene rings is 1. The van der Waals surface area contributed by atoms with Gasteiger partial charge in [-0.25, -0.2) is 4.98 Å². The molecule has 0 aliphatic heterocycles. The van der Waals surface area contributed by atoms with Crippen molar-refractivity contribution in [1.82, 2.24) is 9.55 Å². The summed E-state index contributed by atoms with van der Waals surface area (Å²) < 4.78 is 12.6. The maximum atomic E-state index is 5.32. The molecule has 20 heavy (non-hydrogen) atoms. The van der Waals surface area contributed by atoms with E-state index in [9.17, 15) is 0 Å². The topological polar surface area (TPSA) is 36.3 Å². The predicted octanol–water partition coefficient (Wildman–Crippen LogP) is 3.62. The van der Waals surface area contributed by atoms with Crippen molar-refractivity contribution < 1.29 is 9.47 Å². The third-order valence-corrected chi connectivity index (χ3v) is 3.85. The minimum absolute atomic E-state index is 0.709. The molecule has 0 aliphatic carbocycles. The second kappa shape index (κ2) is 5.38. The predicted molar refractivity (Wildman–Crippen MR) is 80.0 cm³/mol. The summed E-state index contributed by atoms with van der Waals surface area (Å²) >= 11 is 1.61. The van der Waals surface area contributed by atoms with Crippen molar-refractivity contribution in [2.24, 2.45) is 0 Å². The molecule has 0 fully saturated rings. The summed E-state index contributed by atoms with van der Waals surface area (Å²) in [6.45, 7) is 0. The second-order valence-electron chi connectivity index (χ2n) is 4.18. The van der Waals surface area contributed by atoms with E-state index in [0.717, 1.165) is 22.1 Å². The zero-order valence-electron chi connectivity index (χ0n) is 11.2. The first-order valence-electron chi connectivity index (χ1n) is 6.13. The summed E-state index contributed by atoms with van der Waals surface area (Å²) in [7, 11) is 3.26. The van der Waals surface area contributed by atoms with Gasteiger partial charge in [0.1, 0.15) is 0 Å². The van der Waals surface area contributed by atoms with Crippen molar-refractivity contribution in [3.63, 3.8) is 0 Å². The Hall–Kier alpha value is -2.27. The lowest BCUT2D eigenvalue weighted by molar-refractivity contribution is 0.355. The number of rotatable bonds is 4. The van der Waals surface area contributed by atoms with Gasteiger partial charge in [-0.15, -0.1) is 11.3 Å². The molecule has 2 heterocycles. The van der Waals surface area contributed by atoms with E-state index in [1.54, 1.807) is 25.6 Å². The molecule has 0 saturated heterocycles. The lowest BCUT2D eigenvalue weighted by atomic mass is 10.1. The summed E-state index contributed by atoms with van der Waals surface area (Å²) in [5.74, 6) is 1.43. The molecule has 2 aromatic heterocycles. The van der Waals surface area contributed by atoms with E-state index < -0.39 is 0 Å². The number of thiazole rings is 1. The van der Waals surface area contributed by atoms with Crippen LogP contribution in [0.2, 0.25) is 0 Å². The fourth-order valence-corrected chi connectivity index (χ4v) is 2.77. The normalized spacial score (nSPS) is 10.5. The highest BCUT2D eigenvalue weighted by Gasteiger charge is 2.09. The minimum Gasteiger partial charge on any atom is -0.493 e. The number of methoxy groups -OCH3 is 2. The quantitative estimate of drug-likeness (QED) is 0.735. The van der Waals surface area contributed by atoms with E-state index in [4.69, 9.17) is 9.47 Å². The number of nitrogens with zero attached hydrogens (tertiary/aromatic N) is 2. The smallest absolute Gasteiger partial charge is 0.194 e. The molecule has 0 saturated carbocycles. The summed E-state index contributed by atoms with van der Waals surface area (Å²) in [5.41, 5.74) is 1.94. The molecule has 0 amide bonds. The van der Waals surface area contributed by atoms with Crippen molar-refractivity contribution in [1.29, 1.82) is 0 Å². The number of ether oxygens (including phenoxy) is 2. The Bertz CT molecular complexity index is 704. The molecule has 0 unspecified atom stereocenters. The van der Waals surface area contributed by atoms with Crippen LogP contribution >= 0.6 is 11.3 Å². The maximum Gasteiger partial charge on any atom is 0.194 e. The largest absolute Gasteiger partial charge is 0.493 e. The molecular formula is C15H14N2O2S. The lowest BCUT2D eigenvalue weighted by Crippen LogP contribution is -1.91. The fourth-order valence-electron chi connectivity index (χ4n) is 1.97. The van der Waals surface area contributed by atoms with Crippen LogP contribution in [-0.2, 0) is 0 Å². The Labute approximate surface area is 121 Å². The van der Waals surface area contributed by atoms with Crippen molar-refractivity contribution >= 4 is 11.3 Å². The summed E-state index contributed by atoms with van der Waals surface area (Å²) in [6, 6.07) is 9.78. The minimum atomic E-state index is 0.709. The van der Waals surface area contributed by atoms with Gasteiger partial charge < -0.3 is 14.0 Å². The molecule has 3 rings (SSSR count). The van der Waals surface area contributed by atoms with E-state index >= 15 is 0 Å². The van der Waals surface area contributed by atoms with E-state index in [2.05, 4.69) is 4.98 Å². The Morgan fingerprint density at radius 1 is 1.05 bits per heavy atom. The van der Waals surface area contributed by atoms with Crippen molar-refractivity contribution in [3.8, 4) is 27.9 Å². The van der Waals surface area contributed by atoms with Gasteiger partial charge in [0, 0.05) is 23.3 Å². The van der Waals surface area contributed by atoms with Gasteiger partial charge in [-0.2, -0.15) is 0 Å². The standard InChI is InChI=1S/C15H14N2O2S/c1-18-13-6-5-11(9-14(13)19-2)12-10-20-15(16-12)17-7-3-4-8-17/h3-10H,1-2H3. The molecule has 0 aliphatic rings. The third kappa shape index (κ3) is 2.28. The summed E-state index contributed by atoms with van der Waals surface area (Å²) in [6.07, 6.45) is 3.97. The van der Waals surface area contributed by atoms with Crippen LogP contribution in [0.3, 0.4) is 0 Å². The molecule has 0 radical (unpaired) electrons. The summed E-state index contributed by atoms with van der Waals surface area (Å²) in [5, 5.41) is 2.98. The van der Waals surface area contributed by atoms with Crippen LogP contribution in [0.5, 0.6) is 11.5 Å². The molecular weight excluding hydrogens is 272 g/mol. The Kier molecular flexibility index (Phi) is 3.43. The van der Waals surface area contributed by atoms with Gasteiger partial charge in [-0.3, -0.25) is 0 Å². The molecule has 3 aromatic rings. The van der Waals surface area contributed by atoms with Crippen molar-refractivity contribution in [2.45, 2.75) is 0 Å². The Morgan fingerprint density at radius 2 is 1.80 bits per heavy atom. The van der Waals surface area contributed by atoms with Crippen LogP contribution in [0.4, 0.5) is 0 Å². The van der Waals surface area contributed by atoms with Gasteiger partial charge in [-0.05, 0) is 30.3 Å². The van der Waals surface area contributed by atoms with Gasteiger partial charge in [0.25, 0.3) is 0 Å². The number of hydrogen-bond acceptors (Lipinski definition) is 4. The van der Waals surface area contributed by atoms with Crippen LogP contribution in [-0.4, -0.2) is 23.8 Å². The third-order valence-electron chi connectivity index (χ3n) is 3.00. The zero-order valence-corrected chi connectivity index (χ0v) is 12.1. The molecule has 0 N–H and O–H groups in total. The van der Waals surface area contributed by atoms with Gasteiger partial charge in [0.15, 0.2) is 16.6 Å². The van der Waals surface area contributed by atoms with Gasteiger partial charge in [0.2, 0.25) is 0 Å². The summed E-state index contributed by atoms with van der Waals surface area (Å²) in [4.78, 5) is 4.64. The van der Waals surface area contributed by atoms with Gasteiger partial charge in [0.05, 0.1) is 19.9 Å². The van der Waals surface area contributed by atoms with E-state index in [1.165, 1.54) is 0 Å². The maximum absolute atomic E-state index is 5.32. The average Bonchev–Trinajstić information content (AvgIpc) is 3.16. The van der Waals surface area contributed by atoms with Crippen LogP contribution in [0, 0.1) is 0 Å². The van der Waals surface area contributed by atoms with Crippen LogP contribution in [0.25, 0.3) is 16.4 Å². The molecule has 0 bridgehead atoms. The molecule has 1 aromatic carbocycles. The highest BCUT2D eigenvalue weighted by atomic mass is 32.1. The van der Waals surface area contributed by atoms with Crippen molar-refractivity contribution in [3.05, 3.63) is 48.1 Å². The number of aromatic nitrogens is 2. The van der Waals surface area contributed by atoms with Crippen LogP contribution in [0.1, 0.15) is 0 Å². The average molecular weight is 286 g/mol. The van der Waals surface area contributed by atoms with Crippen LogP contribution in [0.15, 0.2) is 48.1 Å². The first kappa shape index (κ1) is 12.7. The highest BCUT2D eigenvalue weighted by molar-refractivity contribution is 7.12. The molecule has 5 heteroatoms. The molecule has 102 valence electrons. The van der Waals surface area contributed by atoms with Gasteiger partial charge >= 0.3 is 0 Å². The zero-order chi connectivity index (χ0) is 13.9. The van der Waals surface area contributed by atoms with Gasteiger partial charge in [-0.1, -0.05) is 0 Å². The fraction of sp³-hybridized carbons (Fsp3) is 0.133. The first-order valence-corrected chi connectivity index (χ1v) is 7.01. The van der Waals surface area contributed by atoms with Crippen molar-refractivity contribution in [2.75, 3.05) is 14.2 Å². The molecule has 0 spiro atoms. The molecule has 4 nitrogen and oxygen atoms in total. The highest BCUT2D eigenvalue weighted by Crippen LogP contribution is 2.33. The molecule has 0 atom stereocenters. The van der Waals surface area contributed by atoms with E-state index in [-0.39, 0.29) is 0 Å². The monoisotopic (exact) mass is 286 g/mol. The first-order chi connectivity index (χ1) is 9.81. The number of hydrogen-bond donors (Lipinski definition) is 0. The Balaban J connectivity index is 1.97. The SMILES string of the molecule is COc1ccc(-c2csc(-n3cccc3)n2)cc1OC. The Morgan fingerprint density at radius 3 is 2.50 bits per heavy atom. The van der Waals surface area contributed by atoms with E-state index in [0.29, 0.717) is 5.75 Å².